The van der Waals surface area contributed by atoms with Crippen molar-refractivity contribution < 1.29 is 19.4 Å². The van der Waals surface area contributed by atoms with Crippen LogP contribution in [0, 0.1) is 13.8 Å². The Bertz CT molecular complexity index is 939. The van der Waals surface area contributed by atoms with E-state index in [1.165, 1.54) is 5.56 Å². The Morgan fingerprint density at radius 1 is 0.964 bits per heavy atom. The van der Waals surface area contributed by atoms with E-state index in [0.29, 0.717) is 5.69 Å². The van der Waals surface area contributed by atoms with Crippen molar-refractivity contribution in [2.75, 3.05) is 0 Å². The standard InChI is InChI=1S/C14H13NO2.C8H9NO2/c1-9-3-5-11(6-4-9)12-7-10(2)8-13(15-12)14(16)17;9-8(10)11-6-7-4-2-1-3-5-7/h3-8H,1-2H3,(H,16,17);1-5H,6H2,(H2,9,10). The molecule has 0 atom stereocenters. The van der Waals surface area contributed by atoms with Gasteiger partial charge >= 0.3 is 12.1 Å². The van der Waals surface area contributed by atoms with Crippen LogP contribution in [0.2, 0.25) is 0 Å². The van der Waals surface area contributed by atoms with Gasteiger partial charge in [-0.05, 0) is 37.1 Å². The van der Waals surface area contributed by atoms with E-state index in [1.54, 1.807) is 6.07 Å². The largest absolute Gasteiger partial charge is 0.477 e. The number of aromatic nitrogens is 1. The maximum atomic E-state index is 10.9. The molecule has 0 saturated heterocycles. The predicted molar refractivity (Wildman–Crippen MR) is 107 cm³/mol. The van der Waals surface area contributed by atoms with Crippen LogP contribution in [0.5, 0.6) is 0 Å². The summed E-state index contributed by atoms with van der Waals surface area (Å²) in [7, 11) is 0. The fourth-order valence-electron chi connectivity index (χ4n) is 2.38. The molecule has 0 saturated carbocycles. The van der Waals surface area contributed by atoms with E-state index in [4.69, 9.17) is 10.8 Å². The van der Waals surface area contributed by atoms with Gasteiger partial charge in [0.1, 0.15) is 12.3 Å². The lowest BCUT2D eigenvalue weighted by atomic mass is 10.1. The van der Waals surface area contributed by atoms with Crippen LogP contribution >= 0.6 is 0 Å². The minimum absolute atomic E-state index is 0.0839. The van der Waals surface area contributed by atoms with Crippen LogP contribution in [0.15, 0.2) is 66.7 Å². The van der Waals surface area contributed by atoms with Crippen molar-refractivity contribution in [1.82, 2.24) is 4.98 Å². The number of ether oxygens (including phenoxy) is 1. The third kappa shape index (κ3) is 6.57. The molecule has 6 heteroatoms. The molecule has 0 unspecified atom stereocenters. The molecule has 28 heavy (non-hydrogen) atoms. The molecule has 1 aromatic heterocycles. The number of aromatic carboxylic acids is 1. The molecule has 1 amide bonds. The lowest BCUT2D eigenvalue weighted by Gasteiger charge is -2.04. The van der Waals surface area contributed by atoms with Gasteiger partial charge in [-0.15, -0.1) is 0 Å². The third-order valence-corrected chi connectivity index (χ3v) is 3.76. The van der Waals surface area contributed by atoms with E-state index in [9.17, 15) is 9.59 Å². The van der Waals surface area contributed by atoms with Gasteiger partial charge in [-0.3, -0.25) is 0 Å². The Morgan fingerprint density at radius 3 is 2.18 bits per heavy atom. The predicted octanol–water partition coefficient (Wildman–Crippen LogP) is 4.35. The van der Waals surface area contributed by atoms with Gasteiger partial charge in [0.25, 0.3) is 0 Å². The molecular weight excluding hydrogens is 356 g/mol. The Hall–Kier alpha value is -3.67. The Labute approximate surface area is 163 Å². The van der Waals surface area contributed by atoms with Crippen LogP contribution in [-0.2, 0) is 11.3 Å². The number of nitrogens with two attached hydrogens (primary N) is 1. The van der Waals surface area contributed by atoms with Crippen molar-refractivity contribution in [3.05, 3.63) is 89.1 Å². The summed E-state index contributed by atoms with van der Waals surface area (Å²) in [6, 6.07) is 20.7. The molecule has 0 spiro atoms. The summed E-state index contributed by atoms with van der Waals surface area (Å²) in [5.41, 5.74) is 9.49. The van der Waals surface area contributed by atoms with Crippen LogP contribution in [-0.4, -0.2) is 22.2 Å². The highest BCUT2D eigenvalue weighted by molar-refractivity contribution is 5.86. The summed E-state index contributed by atoms with van der Waals surface area (Å²) in [5, 5.41) is 8.96. The Balaban J connectivity index is 0.000000221. The molecule has 144 valence electrons. The highest BCUT2D eigenvalue weighted by Gasteiger charge is 2.08. The van der Waals surface area contributed by atoms with Crippen LogP contribution in [0.4, 0.5) is 4.79 Å². The van der Waals surface area contributed by atoms with Gasteiger partial charge in [0.15, 0.2) is 0 Å². The molecule has 3 N–H and O–H groups in total. The normalized spacial score (nSPS) is 9.79. The fourth-order valence-corrected chi connectivity index (χ4v) is 2.38. The molecule has 0 aliphatic carbocycles. The second-order valence-electron chi connectivity index (χ2n) is 6.18. The van der Waals surface area contributed by atoms with E-state index in [-0.39, 0.29) is 12.3 Å². The number of hydrogen-bond acceptors (Lipinski definition) is 4. The number of amides is 1. The first-order chi connectivity index (χ1) is 13.3. The van der Waals surface area contributed by atoms with Gasteiger partial charge in [0, 0.05) is 5.56 Å². The van der Waals surface area contributed by atoms with E-state index in [0.717, 1.165) is 16.7 Å². The summed E-state index contributed by atoms with van der Waals surface area (Å²) in [6.45, 7) is 4.12. The monoisotopic (exact) mass is 378 g/mol. The highest BCUT2D eigenvalue weighted by atomic mass is 16.5. The average molecular weight is 378 g/mol. The van der Waals surface area contributed by atoms with Crippen molar-refractivity contribution in [2.24, 2.45) is 5.73 Å². The Morgan fingerprint density at radius 2 is 1.61 bits per heavy atom. The maximum absolute atomic E-state index is 10.9. The number of hydrogen-bond donors (Lipinski definition) is 2. The zero-order valence-electron chi connectivity index (χ0n) is 15.8. The average Bonchev–Trinajstić information content (AvgIpc) is 2.68. The van der Waals surface area contributed by atoms with Crippen LogP contribution in [0.25, 0.3) is 11.3 Å². The number of carbonyl (C=O) groups is 2. The number of benzene rings is 2. The zero-order valence-corrected chi connectivity index (χ0v) is 15.8. The quantitative estimate of drug-likeness (QED) is 0.703. The van der Waals surface area contributed by atoms with E-state index in [2.05, 4.69) is 9.72 Å². The first-order valence-electron chi connectivity index (χ1n) is 8.60. The summed E-state index contributed by atoms with van der Waals surface area (Å²) >= 11 is 0. The second-order valence-corrected chi connectivity index (χ2v) is 6.18. The third-order valence-electron chi connectivity index (χ3n) is 3.76. The number of aryl methyl sites for hydroxylation is 2. The molecule has 0 aliphatic heterocycles. The van der Waals surface area contributed by atoms with Crippen molar-refractivity contribution in [1.29, 1.82) is 0 Å². The number of carboxylic acid groups (broad SMARTS) is 1. The van der Waals surface area contributed by atoms with E-state index >= 15 is 0 Å². The molecule has 3 rings (SSSR count). The van der Waals surface area contributed by atoms with Crippen LogP contribution in [0.1, 0.15) is 27.2 Å². The number of nitrogens with zero attached hydrogens (tertiary/aromatic N) is 1. The first-order valence-corrected chi connectivity index (χ1v) is 8.60. The van der Waals surface area contributed by atoms with Gasteiger partial charge in [0.2, 0.25) is 0 Å². The topological polar surface area (TPSA) is 103 Å². The van der Waals surface area contributed by atoms with Gasteiger partial charge in [0.05, 0.1) is 5.69 Å². The van der Waals surface area contributed by atoms with Gasteiger partial charge in [-0.1, -0.05) is 60.2 Å². The van der Waals surface area contributed by atoms with Crippen molar-refractivity contribution in [2.45, 2.75) is 20.5 Å². The molecule has 2 aromatic carbocycles. The van der Waals surface area contributed by atoms with Gasteiger partial charge < -0.3 is 15.6 Å². The molecule has 0 bridgehead atoms. The van der Waals surface area contributed by atoms with E-state index < -0.39 is 12.1 Å². The molecular formula is C22H22N2O4. The fraction of sp³-hybridized carbons (Fsp3) is 0.136. The zero-order chi connectivity index (χ0) is 20.5. The smallest absolute Gasteiger partial charge is 0.404 e. The van der Waals surface area contributed by atoms with Gasteiger partial charge in [-0.2, -0.15) is 0 Å². The molecule has 1 heterocycles. The minimum Gasteiger partial charge on any atom is -0.477 e. The number of carboxylic acids is 1. The minimum atomic E-state index is -0.998. The molecule has 0 aliphatic rings. The first kappa shape index (κ1) is 20.6. The molecule has 0 radical (unpaired) electrons. The van der Waals surface area contributed by atoms with Crippen LogP contribution in [0.3, 0.4) is 0 Å². The lowest BCUT2D eigenvalue weighted by Crippen LogP contribution is -2.12. The van der Waals surface area contributed by atoms with Crippen molar-refractivity contribution >= 4 is 12.1 Å². The lowest BCUT2D eigenvalue weighted by molar-refractivity contribution is 0.0690. The SMILES string of the molecule is Cc1ccc(-c2cc(C)cc(C(=O)O)n2)cc1.NC(=O)OCc1ccccc1. The van der Waals surface area contributed by atoms with Crippen molar-refractivity contribution in [3.63, 3.8) is 0 Å². The summed E-state index contributed by atoms with van der Waals surface area (Å²) in [4.78, 5) is 25.2. The summed E-state index contributed by atoms with van der Waals surface area (Å²) in [5.74, 6) is -0.998. The molecule has 3 aromatic rings. The van der Waals surface area contributed by atoms with Crippen molar-refractivity contribution in [3.8, 4) is 11.3 Å². The van der Waals surface area contributed by atoms with Crippen LogP contribution < -0.4 is 5.73 Å². The summed E-state index contributed by atoms with van der Waals surface area (Å²) in [6.07, 6.45) is -0.742. The van der Waals surface area contributed by atoms with E-state index in [1.807, 2.05) is 74.5 Å². The Kier molecular flexibility index (Phi) is 7.28. The second kappa shape index (κ2) is 9.87. The van der Waals surface area contributed by atoms with Gasteiger partial charge in [-0.25, -0.2) is 14.6 Å². The number of primary amides is 1. The summed E-state index contributed by atoms with van der Waals surface area (Å²) < 4.78 is 4.57. The molecule has 6 nitrogen and oxygen atoms in total. The highest BCUT2D eigenvalue weighted by Crippen LogP contribution is 2.19. The number of pyridine rings is 1. The number of rotatable bonds is 4. The maximum Gasteiger partial charge on any atom is 0.404 e. The molecule has 0 fully saturated rings. The number of carbonyl (C=O) groups excluding carboxylic acids is 1.